The fourth-order valence-corrected chi connectivity index (χ4v) is 1.45. The molecule has 0 radical (unpaired) electrons. The van der Waals surface area contributed by atoms with E-state index in [4.69, 9.17) is 0 Å². The number of allylic oxidation sites excluding steroid dienone is 2. The maximum absolute atomic E-state index is 4.63. The molecular weight excluding hydrogens is 240 g/mol. The maximum Gasteiger partial charge on any atom is 0.129 e. The molecule has 1 aliphatic rings. The van der Waals surface area contributed by atoms with E-state index >= 15 is 0 Å². The molecule has 0 unspecified atom stereocenters. The van der Waals surface area contributed by atoms with Crippen LogP contribution in [0.2, 0.25) is 0 Å². The Morgan fingerprint density at radius 3 is 2.22 bits per heavy atom. The summed E-state index contributed by atoms with van der Waals surface area (Å²) in [7, 11) is 0. The third-order valence-electron chi connectivity index (χ3n) is 2.35. The molecule has 6 heteroatoms. The Bertz CT molecular complexity index is 205. The zero-order valence-electron chi connectivity index (χ0n) is 10.4. The lowest BCUT2D eigenvalue weighted by Crippen LogP contribution is -1.99. The minimum Gasteiger partial charge on any atom is -0.314 e. The molecule has 104 valence electrons. The summed E-state index contributed by atoms with van der Waals surface area (Å²) in [5.41, 5.74) is 0. The van der Waals surface area contributed by atoms with Crippen molar-refractivity contribution in [3.8, 4) is 0 Å². The molecule has 0 bridgehead atoms. The molecule has 6 nitrogen and oxygen atoms in total. The molecule has 0 spiro atoms. The number of hydrogen-bond acceptors (Lipinski definition) is 6. The highest BCUT2D eigenvalue weighted by Crippen LogP contribution is 2.07. The number of rotatable bonds is 0. The Morgan fingerprint density at radius 2 is 1.33 bits per heavy atom. The summed E-state index contributed by atoms with van der Waals surface area (Å²) in [5, 5.41) is 16.4. The van der Waals surface area contributed by atoms with Gasteiger partial charge in [0.1, 0.15) is 6.26 Å². The van der Waals surface area contributed by atoms with E-state index in [1.807, 2.05) is 6.08 Å². The lowest BCUT2D eigenvalue weighted by Gasteiger charge is -2.00. The van der Waals surface area contributed by atoms with Crippen LogP contribution in [0, 0.1) is 0 Å². The summed E-state index contributed by atoms with van der Waals surface area (Å²) >= 11 is 0. The van der Waals surface area contributed by atoms with E-state index in [0.717, 1.165) is 25.7 Å². The highest BCUT2D eigenvalue weighted by Gasteiger charge is 1.93. The average Bonchev–Trinajstić information content (AvgIpc) is 2.39. The molecule has 18 heavy (non-hydrogen) atoms. The second kappa shape index (κ2) is 12.5. The molecule has 0 saturated carbocycles. The van der Waals surface area contributed by atoms with E-state index in [1.165, 1.54) is 25.5 Å². The summed E-state index contributed by atoms with van der Waals surface area (Å²) in [6.07, 6.45) is 15.1. The second-order valence-corrected chi connectivity index (χ2v) is 3.81. The molecule has 0 aromatic carbocycles. The SMILES string of the molecule is C1=C\CCOOOOOO/C=C\CCCCCC/1. The van der Waals surface area contributed by atoms with Gasteiger partial charge in [0.15, 0.2) is 0 Å². The number of hydrogen-bond donors (Lipinski definition) is 0. The summed E-state index contributed by atoms with van der Waals surface area (Å²) in [4.78, 5) is 9.13. The van der Waals surface area contributed by atoms with Crippen LogP contribution in [0.15, 0.2) is 24.5 Å². The van der Waals surface area contributed by atoms with Crippen LogP contribution in [0.4, 0.5) is 0 Å². The van der Waals surface area contributed by atoms with Crippen molar-refractivity contribution in [1.29, 1.82) is 0 Å². The van der Waals surface area contributed by atoms with Crippen molar-refractivity contribution in [3.63, 3.8) is 0 Å². The van der Waals surface area contributed by atoms with Crippen LogP contribution in [0.1, 0.15) is 44.9 Å². The Labute approximate surface area is 107 Å². The Hall–Kier alpha value is -0.920. The standard InChI is InChI=1S/C12H20O6/c1-2-4-6-8-10-12-14-16-18-17-15-13-11-9-7-5-3-1/h5,7,10,12H,1-4,6,8-9,11H2/b7-5-,12-10-. The van der Waals surface area contributed by atoms with Gasteiger partial charge >= 0.3 is 0 Å². The fraction of sp³-hybridized carbons (Fsp3) is 0.667. The van der Waals surface area contributed by atoms with Crippen molar-refractivity contribution < 1.29 is 29.9 Å². The van der Waals surface area contributed by atoms with Gasteiger partial charge in [-0.2, -0.15) is 0 Å². The van der Waals surface area contributed by atoms with Crippen molar-refractivity contribution >= 4 is 0 Å². The fourth-order valence-electron chi connectivity index (χ4n) is 1.45. The summed E-state index contributed by atoms with van der Waals surface area (Å²) < 4.78 is 0. The molecule has 0 aromatic rings. The average molecular weight is 260 g/mol. The molecule has 1 rings (SSSR count). The minimum atomic E-state index is 0.376. The van der Waals surface area contributed by atoms with Crippen molar-refractivity contribution in [3.05, 3.63) is 24.5 Å². The van der Waals surface area contributed by atoms with Gasteiger partial charge in [-0.1, -0.05) is 25.0 Å². The van der Waals surface area contributed by atoms with Crippen molar-refractivity contribution in [1.82, 2.24) is 0 Å². The van der Waals surface area contributed by atoms with Crippen LogP contribution in [0.25, 0.3) is 0 Å². The smallest absolute Gasteiger partial charge is 0.129 e. The summed E-state index contributed by atoms with van der Waals surface area (Å²) in [5.74, 6) is 0. The molecular formula is C12H20O6. The molecule has 0 N–H and O–H groups in total. The minimum absolute atomic E-state index is 0.376. The van der Waals surface area contributed by atoms with Gasteiger partial charge in [0.2, 0.25) is 0 Å². The summed E-state index contributed by atoms with van der Waals surface area (Å²) in [6.45, 7) is 0.376. The van der Waals surface area contributed by atoms with Crippen LogP contribution in [-0.2, 0) is 29.9 Å². The van der Waals surface area contributed by atoms with Gasteiger partial charge in [-0.15, -0.1) is 0 Å². The van der Waals surface area contributed by atoms with Crippen LogP contribution in [0.3, 0.4) is 0 Å². The zero-order chi connectivity index (χ0) is 12.7. The van der Waals surface area contributed by atoms with Gasteiger partial charge in [-0.3, -0.25) is 0 Å². The van der Waals surface area contributed by atoms with E-state index in [1.54, 1.807) is 0 Å². The molecule has 1 heterocycles. The maximum atomic E-state index is 4.63. The van der Waals surface area contributed by atoms with Crippen LogP contribution in [0.5, 0.6) is 0 Å². The van der Waals surface area contributed by atoms with Crippen LogP contribution < -0.4 is 0 Å². The third-order valence-corrected chi connectivity index (χ3v) is 2.35. The first-order valence-corrected chi connectivity index (χ1v) is 6.25. The molecule has 0 aliphatic carbocycles. The molecule has 0 aromatic heterocycles. The van der Waals surface area contributed by atoms with Crippen molar-refractivity contribution in [2.75, 3.05) is 6.61 Å². The van der Waals surface area contributed by atoms with Crippen LogP contribution in [-0.4, -0.2) is 6.61 Å². The topological polar surface area (TPSA) is 55.4 Å². The quantitative estimate of drug-likeness (QED) is 0.491. The second-order valence-electron chi connectivity index (χ2n) is 3.81. The molecule has 0 fully saturated rings. The van der Waals surface area contributed by atoms with Gasteiger partial charge < -0.3 is 4.89 Å². The largest absolute Gasteiger partial charge is 0.314 e. The lowest BCUT2D eigenvalue weighted by molar-refractivity contribution is -0.751. The van der Waals surface area contributed by atoms with Crippen molar-refractivity contribution in [2.45, 2.75) is 44.9 Å². The molecule has 0 atom stereocenters. The van der Waals surface area contributed by atoms with E-state index in [-0.39, 0.29) is 0 Å². The van der Waals surface area contributed by atoms with Gasteiger partial charge in [-0.25, -0.2) is 4.89 Å². The monoisotopic (exact) mass is 260 g/mol. The van der Waals surface area contributed by atoms with Gasteiger partial charge in [0.05, 0.1) is 6.61 Å². The Kier molecular flexibility index (Phi) is 10.5. The molecule has 1 aliphatic heterocycles. The van der Waals surface area contributed by atoms with Gasteiger partial charge in [0, 0.05) is 10.1 Å². The normalized spacial score (nSPS) is 25.3. The Morgan fingerprint density at radius 1 is 0.611 bits per heavy atom. The van der Waals surface area contributed by atoms with Gasteiger partial charge in [0.25, 0.3) is 0 Å². The third kappa shape index (κ3) is 10.2. The van der Waals surface area contributed by atoms with E-state index in [9.17, 15) is 0 Å². The van der Waals surface area contributed by atoms with Gasteiger partial charge in [-0.05, 0) is 48.3 Å². The first-order valence-electron chi connectivity index (χ1n) is 6.25. The van der Waals surface area contributed by atoms with Crippen molar-refractivity contribution in [2.24, 2.45) is 0 Å². The molecule has 0 amide bonds. The lowest BCUT2D eigenvalue weighted by atomic mass is 10.1. The highest BCUT2D eigenvalue weighted by atomic mass is 17.8. The van der Waals surface area contributed by atoms with E-state index in [0.29, 0.717) is 6.61 Å². The van der Waals surface area contributed by atoms with E-state index in [2.05, 4.69) is 42.1 Å². The predicted octanol–water partition coefficient (Wildman–Crippen LogP) is 3.48. The predicted molar refractivity (Wildman–Crippen MR) is 62.0 cm³/mol. The zero-order valence-corrected chi connectivity index (χ0v) is 10.4. The molecule has 0 saturated heterocycles. The van der Waals surface area contributed by atoms with E-state index < -0.39 is 0 Å². The first kappa shape index (κ1) is 15.1. The first-order chi connectivity index (χ1) is 9.00. The highest BCUT2D eigenvalue weighted by molar-refractivity contribution is 4.81. The summed E-state index contributed by atoms with van der Waals surface area (Å²) in [6, 6.07) is 0. The van der Waals surface area contributed by atoms with Crippen LogP contribution >= 0.6 is 0 Å². The Balaban J connectivity index is 2.12.